The van der Waals surface area contributed by atoms with Crippen LogP contribution in [0.4, 0.5) is 30.7 Å². The molecule has 12 heteroatoms. The van der Waals surface area contributed by atoms with Crippen molar-refractivity contribution >= 4 is 29.3 Å². The molecule has 3 saturated heterocycles. The summed E-state index contributed by atoms with van der Waals surface area (Å²) in [5.74, 6) is -0.918. The van der Waals surface area contributed by atoms with Crippen molar-refractivity contribution in [2.24, 2.45) is 5.92 Å². The van der Waals surface area contributed by atoms with E-state index in [4.69, 9.17) is 4.42 Å². The minimum atomic E-state index is -4.82. The highest BCUT2D eigenvalue weighted by atomic mass is 19.4. The van der Waals surface area contributed by atoms with Gasteiger partial charge in [0.05, 0.1) is 11.9 Å². The van der Waals surface area contributed by atoms with Crippen LogP contribution in [0.3, 0.4) is 0 Å². The first kappa shape index (κ1) is 25.3. The number of carbonyl (C=O) groups excluding carboxylic acids is 2. The van der Waals surface area contributed by atoms with Gasteiger partial charge in [0.15, 0.2) is 5.69 Å². The Balaban J connectivity index is 1.21. The van der Waals surface area contributed by atoms with Crippen molar-refractivity contribution in [1.82, 2.24) is 14.9 Å². The van der Waals surface area contributed by atoms with E-state index in [1.165, 1.54) is 6.20 Å². The molecule has 5 heterocycles. The molecule has 0 atom stereocenters. The van der Waals surface area contributed by atoms with Gasteiger partial charge in [-0.2, -0.15) is 18.2 Å². The van der Waals surface area contributed by atoms with Gasteiger partial charge in [0.1, 0.15) is 5.82 Å². The second-order valence-electron chi connectivity index (χ2n) is 9.87. The molecule has 3 aliphatic heterocycles. The molecular formula is C25H31F3N6O3. The zero-order chi connectivity index (χ0) is 26.0. The number of likely N-dealkylation sites (tertiary alicyclic amines) is 1. The number of amides is 2. The molecule has 0 bridgehead atoms. The molecule has 1 N–H and O–H groups in total. The lowest BCUT2D eigenvalue weighted by molar-refractivity contribution is -0.141. The smallest absolute Gasteiger partial charge is 0.417 e. The number of rotatable bonds is 5. The fourth-order valence-electron chi connectivity index (χ4n) is 5.26. The van der Waals surface area contributed by atoms with Gasteiger partial charge >= 0.3 is 6.18 Å². The van der Waals surface area contributed by atoms with Gasteiger partial charge in [-0.15, -0.1) is 0 Å². The standard InChI is InChI=1S/C25H31F3N6O3/c26-25(27,28)21-20(37-24(31-21)34-12-2-1-3-13-34)22(35)30-18-6-7-19(29-16-18)32-14-8-17(9-15-32)23(36)33-10-4-5-11-33/h6-7,16-17H,1-5,8-15H2,(H,30,35). The third-order valence-corrected chi connectivity index (χ3v) is 7.31. The fraction of sp³-hybridized carbons (Fsp3) is 0.600. The molecule has 0 aliphatic carbocycles. The van der Waals surface area contributed by atoms with Crippen molar-refractivity contribution in [2.75, 3.05) is 54.4 Å². The second-order valence-corrected chi connectivity index (χ2v) is 9.87. The number of pyridine rings is 1. The summed E-state index contributed by atoms with van der Waals surface area (Å²) < 4.78 is 46.1. The number of nitrogens with zero attached hydrogens (tertiary/aromatic N) is 5. The molecule has 0 spiro atoms. The Morgan fingerprint density at radius 2 is 1.59 bits per heavy atom. The van der Waals surface area contributed by atoms with Gasteiger partial charge in [0.2, 0.25) is 11.7 Å². The number of oxazole rings is 1. The highest BCUT2D eigenvalue weighted by Crippen LogP contribution is 2.35. The molecule has 0 saturated carbocycles. The minimum Gasteiger partial charge on any atom is -0.417 e. The van der Waals surface area contributed by atoms with E-state index in [0.717, 1.165) is 58.0 Å². The lowest BCUT2D eigenvalue weighted by atomic mass is 9.95. The Morgan fingerprint density at radius 1 is 0.919 bits per heavy atom. The average molecular weight is 521 g/mol. The van der Waals surface area contributed by atoms with E-state index >= 15 is 0 Å². The monoisotopic (exact) mass is 520 g/mol. The normalized spacial score (nSPS) is 19.4. The number of halogens is 3. The molecule has 0 aromatic carbocycles. The number of nitrogens with one attached hydrogen (secondary N) is 1. The van der Waals surface area contributed by atoms with Crippen molar-refractivity contribution < 1.29 is 27.2 Å². The maximum absolute atomic E-state index is 13.6. The molecule has 0 unspecified atom stereocenters. The van der Waals surface area contributed by atoms with Gasteiger partial charge in [-0.05, 0) is 57.1 Å². The molecule has 5 rings (SSSR count). The maximum atomic E-state index is 13.6. The molecule has 3 aliphatic rings. The van der Waals surface area contributed by atoms with Gasteiger partial charge < -0.3 is 24.4 Å². The summed E-state index contributed by atoms with van der Waals surface area (Å²) in [5, 5.41) is 2.45. The minimum absolute atomic E-state index is 0.0347. The summed E-state index contributed by atoms with van der Waals surface area (Å²) >= 11 is 0. The van der Waals surface area contributed by atoms with Gasteiger partial charge in [0, 0.05) is 45.2 Å². The summed E-state index contributed by atoms with van der Waals surface area (Å²) in [4.78, 5) is 39.1. The Hall–Kier alpha value is -3.31. The van der Waals surface area contributed by atoms with E-state index < -0.39 is 23.5 Å². The van der Waals surface area contributed by atoms with Crippen molar-refractivity contribution in [1.29, 1.82) is 0 Å². The highest BCUT2D eigenvalue weighted by molar-refractivity contribution is 6.03. The Labute approximate surface area is 213 Å². The molecule has 9 nitrogen and oxygen atoms in total. The largest absolute Gasteiger partial charge is 0.437 e. The Morgan fingerprint density at radius 3 is 2.22 bits per heavy atom. The van der Waals surface area contributed by atoms with Crippen molar-refractivity contribution in [3.63, 3.8) is 0 Å². The molecule has 3 fully saturated rings. The summed E-state index contributed by atoms with van der Waals surface area (Å²) in [6.45, 7) is 4.16. The molecular weight excluding hydrogens is 489 g/mol. The number of aromatic nitrogens is 2. The molecule has 200 valence electrons. The van der Waals surface area contributed by atoms with Crippen LogP contribution in [0, 0.1) is 5.92 Å². The summed E-state index contributed by atoms with van der Waals surface area (Å²) in [5.41, 5.74) is -1.08. The Bertz CT molecular complexity index is 1100. The second kappa shape index (κ2) is 10.6. The van der Waals surface area contributed by atoms with E-state index in [2.05, 4.69) is 20.2 Å². The number of hydrogen-bond donors (Lipinski definition) is 1. The van der Waals surface area contributed by atoms with Gasteiger partial charge in [-0.3, -0.25) is 9.59 Å². The fourth-order valence-corrected chi connectivity index (χ4v) is 5.26. The Kier molecular flexibility index (Phi) is 7.25. The average Bonchev–Trinajstić information content (AvgIpc) is 3.60. The SMILES string of the molecule is O=C(Nc1ccc(N2CCC(C(=O)N3CCCC3)CC2)nc1)c1oc(N2CCCCC2)nc1C(F)(F)F. The number of piperidine rings is 2. The number of carbonyl (C=O) groups is 2. The zero-order valence-corrected chi connectivity index (χ0v) is 20.6. The molecule has 2 aromatic heterocycles. The zero-order valence-electron chi connectivity index (χ0n) is 20.6. The van der Waals surface area contributed by atoms with Crippen LogP contribution in [0.5, 0.6) is 0 Å². The van der Waals surface area contributed by atoms with Gasteiger partial charge in [-0.1, -0.05) is 0 Å². The lowest BCUT2D eigenvalue weighted by Crippen LogP contribution is -2.41. The highest BCUT2D eigenvalue weighted by Gasteiger charge is 2.42. The van der Waals surface area contributed by atoms with Crippen LogP contribution in [0.1, 0.15) is 61.2 Å². The third kappa shape index (κ3) is 5.67. The van der Waals surface area contributed by atoms with Crippen molar-refractivity contribution in [2.45, 2.75) is 51.1 Å². The summed E-state index contributed by atoms with van der Waals surface area (Å²) in [7, 11) is 0. The van der Waals surface area contributed by atoms with Crippen LogP contribution in [0.2, 0.25) is 0 Å². The lowest BCUT2D eigenvalue weighted by Gasteiger charge is -2.33. The first-order valence-electron chi connectivity index (χ1n) is 12.9. The number of hydrogen-bond acceptors (Lipinski definition) is 7. The van der Waals surface area contributed by atoms with E-state index in [1.807, 2.05) is 4.90 Å². The topological polar surface area (TPSA) is 94.8 Å². The molecule has 37 heavy (non-hydrogen) atoms. The van der Waals surface area contributed by atoms with Gasteiger partial charge in [-0.25, -0.2) is 4.98 Å². The first-order valence-corrected chi connectivity index (χ1v) is 12.9. The van der Waals surface area contributed by atoms with E-state index in [9.17, 15) is 22.8 Å². The number of alkyl halides is 3. The predicted octanol–water partition coefficient (Wildman–Crippen LogP) is 4.17. The molecule has 2 aromatic rings. The van der Waals surface area contributed by atoms with E-state index in [-0.39, 0.29) is 23.5 Å². The van der Waals surface area contributed by atoms with Crippen LogP contribution < -0.4 is 15.1 Å². The van der Waals surface area contributed by atoms with Crippen LogP contribution in [-0.4, -0.2) is 66.0 Å². The van der Waals surface area contributed by atoms with Crippen molar-refractivity contribution in [3.8, 4) is 0 Å². The summed E-state index contributed by atoms with van der Waals surface area (Å²) in [6.07, 6.45) is 2.88. The molecule has 0 radical (unpaired) electrons. The third-order valence-electron chi connectivity index (χ3n) is 7.31. The van der Waals surface area contributed by atoms with E-state index in [1.54, 1.807) is 17.0 Å². The summed E-state index contributed by atoms with van der Waals surface area (Å²) in [6, 6.07) is 3.12. The molecule has 2 amide bonds. The first-order chi connectivity index (χ1) is 17.8. The van der Waals surface area contributed by atoms with Crippen LogP contribution in [0.25, 0.3) is 0 Å². The van der Waals surface area contributed by atoms with Crippen molar-refractivity contribution in [3.05, 3.63) is 29.8 Å². The maximum Gasteiger partial charge on any atom is 0.437 e. The number of anilines is 3. The van der Waals surface area contributed by atoms with E-state index in [0.29, 0.717) is 32.0 Å². The van der Waals surface area contributed by atoms with Crippen LogP contribution in [0.15, 0.2) is 22.7 Å². The van der Waals surface area contributed by atoms with Gasteiger partial charge in [0.25, 0.3) is 11.9 Å². The quantitative estimate of drug-likeness (QED) is 0.632. The van der Waals surface area contributed by atoms with Crippen LogP contribution >= 0.6 is 0 Å². The predicted molar refractivity (Wildman–Crippen MR) is 131 cm³/mol. The van der Waals surface area contributed by atoms with Crippen LogP contribution in [-0.2, 0) is 11.0 Å².